The third-order valence-corrected chi connectivity index (χ3v) is 2.98. The van der Waals surface area contributed by atoms with Crippen molar-refractivity contribution in [1.82, 2.24) is 0 Å². The van der Waals surface area contributed by atoms with Crippen molar-refractivity contribution < 1.29 is 33.5 Å². The van der Waals surface area contributed by atoms with E-state index in [-0.39, 0.29) is 40.0 Å². The van der Waals surface area contributed by atoms with E-state index in [9.17, 15) is 10.1 Å². The van der Waals surface area contributed by atoms with Crippen LogP contribution in [0.2, 0.25) is 0 Å². The van der Waals surface area contributed by atoms with Crippen LogP contribution < -0.4 is 24.0 Å². The van der Waals surface area contributed by atoms with Gasteiger partial charge in [0.05, 0.1) is 4.92 Å². The third-order valence-electron chi connectivity index (χ3n) is 2.98. The van der Waals surface area contributed by atoms with E-state index in [1.807, 2.05) is 19.3 Å². The fourth-order valence-electron chi connectivity index (χ4n) is 2.38. The fraction of sp³-hybridized carbons (Fsp3) is 0.417. The Balaban J connectivity index is 0.00000144. The van der Waals surface area contributed by atoms with E-state index < -0.39 is 0 Å². The fourth-order valence-corrected chi connectivity index (χ4v) is 2.38. The predicted octanol–water partition coefficient (Wildman–Crippen LogP) is -1.05. The molecule has 1 aromatic carbocycles. The lowest BCUT2D eigenvalue weighted by molar-refractivity contribution is -0.503. The first-order valence-electron chi connectivity index (χ1n) is 5.24. The van der Waals surface area contributed by atoms with E-state index in [1.165, 1.54) is 5.56 Å². The first kappa shape index (κ1) is 14.1. The molecule has 17 heavy (non-hydrogen) atoms. The van der Waals surface area contributed by atoms with Crippen LogP contribution in [0.4, 0.5) is 5.69 Å². The van der Waals surface area contributed by atoms with Crippen LogP contribution in [0.3, 0.4) is 0 Å². The minimum Gasteiger partial charge on any atom is -1.00 e. The molecule has 0 amide bonds. The van der Waals surface area contributed by atoms with E-state index in [4.69, 9.17) is 0 Å². The number of non-ortho nitro benzene ring substituents is 1. The molecule has 0 aliphatic carbocycles. The number of hydrogen-bond acceptors (Lipinski definition) is 2. The van der Waals surface area contributed by atoms with Crippen molar-refractivity contribution in [3.63, 3.8) is 0 Å². The topological polar surface area (TPSA) is 46.1 Å². The molecule has 1 aliphatic rings. The number of halogens is 1. The van der Waals surface area contributed by atoms with Gasteiger partial charge in [0.25, 0.3) is 5.69 Å². The number of nitro groups is 1. The molecule has 0 saturated carbocycles. The maximum absolute atomic E-state index is 10.7. The number of likely N-dealkylation sites (N-methyl/N-ethyl adjacent to an activating group) is 1. The molecule has 2 rings (SSSR count). The van der Waals surface area contributed by atoms with Crippen LogP contribution in [-0.2, 0) is 5.41 Å². The largest absolute Gasteiger partial charge is 1.00 e. The zero-order valence-electron chi connectivity index (χ0n) is 10.1. The second-order valence-electron chi connectivity index (χ2n) is 4.96. The highest BCUT2D eigenvalue weighted by atomic mass is 127. The number of nitrogens with zero attached hydrogens (tertiary/aromatic N) is 2. The summed E-state index contributed by atoms with van der Waals surface area (Å²) in [5.74, 6) is 0. The highest BCUT2D eigenvalue weighted by Gasteiger charge is 2.32. The molecule has 1 heterocycles. The SMILES string of the molecule is C[N+]1=Cc2cc([N+](=O)[O-])ccc2C(C)(C)C1.[I-]. The molecule has 0 fully saturated rings. The van der Waals surface area contributed by atoms with E-state index in [0.717, 1.165) is 12.1 Å². The molecule has 0 spiro atoms. The Morgan fingerprint density at radius 2 is 2.06 bits per heavy atom. The summed E-state index contributed by atoms with van der Waals surface area (Å²) in [5, 5.41) is 10.7. The van der Waals surface area contributed by atoms with Crippen molar-refractivity contribution in [2.45, 2.75) is 19.3 Å². The lowest BCUT2D eigenvalue weighted by atomic mass is 9.80. The summed E-state index contributed by atoms with van der Waals surface area (Å²) in [6.45, 7) is 5.24. The number of rotatable bonds is 1. The molecule has 92 valence electrons. The summed E-state index contributed by atoms with van der Waals surface area (Å²) >= 11 is 0. The lowest BCUT2D eigenvalue weighted by Crippen LogP contribution is -3.00. The van der Waals surface area contributed by atoms with Crippen molar-refractivity contribution >= 4 is 11.9 Å². The van der Waals surface area contributed by atoms with Gasteiger partial charge in [-0.3, -0.25) is 10.1 Å². The van der Waals surface area contributed by atoms with Crippen molar-refractivity contribution in [1.29, 1.82) is 0 Å². The Kier molecular flexibility index (Phi) is 3.91. The van der Waals surface area contributed by atoms with Gasteiger partial charge in [-0.25, -0.2) is 4.58 Å². The second kappa shape index (κ2) is 4.72. The molecule has 0 atom stereocenters. The maximum atomic E-state index is 10.7. The number of fused-ring (bicyclic) bond motifs is 1. The Hall–Kier alpha value is -0.980. The van der Waals surface area contributed by atoms with Gasteiger partial charge in [-0.15, -0.1) is 0 Å². The van der Waals surface area contributed by atoms with Crippen LogP contribution in [0.25, 0.3) is 0 Å². The molecular formula is C12H15IN2O2. The zero-order valence-corrected chi connectivity index (χ0v) is 12.3. The highest BCUT2D eigenvalue weighted by molar-refractivity contribution is 5.81. The molecule has 5 heteroatoms. The van der Waals surface area contributed by atoms with Crippen LogP contribution in [0.15, 0.2) is 18.2 Å². The minimum atomic E-state index is -0.351. The summed E-state index contributed by atoms with van der Waals surface area (Å²) in [6.07, 6.45) is 1.97. The first-order chi connectivity index (χ1) is 7.40. The van der Waals surface area contributed by atoms with Crippen LogP contribution >= 0.6 is 0 Å². The van der Waals surface area contributed by atoms with Crippen LogP contribution in [-0.4, -0.2) is 29.3 Å². The normalized spacial score (nSPS) is 16.5. The molecular weight excluding hydrogens is 331 g/mol. The highest BCUT2D eigenvalue weighted by Crippen LogP contribution is 2.30. The van der Waals surface area contributed by atoms with Gasteiger partial charge in [0.15, 0.2) is 12.8 Å². The van der Waals surface area contributed by atoms with Gasteiger partial charge in [0, 0.05) is 23.1 Å². The smallest absolute Gasteiger partial charge is 0.270 e. The minimum absolute atomic E-state index is 0. The van der Waals surface area contributed by atoms with Crippen molar-refractivity contribution in [3.05, 3.63) is 39.4 Å². The Morgan fingerprint density at radius 3 is 2.65 bits per heavy atom. The van der Waals surface area contributed by atoms with Crippen molar-refractivity contribution in [2.24, 2.45) is 0 Å². The van der Waals surface area contributed by atoms with E-state index in [0.29, 0.717) is 0 Å². The molecule has 0 saturated heterocycles. The van der Waals surface area contributed by atoms with E-state index in [2.05, 4.69) is 18.4 Å². The Bertz CT molecular complexity index is 495. The maximum Gasteiger partial charge on any atom is 0.270 e. The molecule has 1 aromatic rings. The summed E-state index contributed by atoms with van der Waals surface area (Å²) in [5.41, 5.74) is 2.32. The summed E-state index contributed by atoms with van der Waals surface area (Å²) in [7, 11) is 1.99. The number of benzene rings is 1. The number of hydrogen-bond donors (Lipinski definition) is 0. The monoisotopic (exact) mass is 346 g/mol. The van der Waals surface area contributed by atoms with Gasteiger partial charge in [0.2, 0.25) is 0 Å². The second-order valence-corrected chi connectivity index (χ2v) is 4.96. The summed E-state index contributed by atoms with van der Waals surface area (Å²) in [4.78, 5) is 10.4. The molecule has 0 radical (unpaired) electrons. The Labute approximate surface area is 118 Å². The quantitative estimate of drug-likeness (QED) is 0.282. The van der Waals surface area contributed by atoms with Crippen LogP contribution in [0.5, 0.6) is 0 Å². The molecule has 4 nitrogen and oxygen atoms in total. The third kappa shape index (κ3) is 2.65. The average molecular weight is 346 g/mol. The van der Waals surface area contributed by atoms with Crippen molar-refractivity contribution in [2.75, 3.05) is 13.6 Å². The molecule has 1 aliphatic heterocycles. The van der Waals surface area contributed by atoms with Gasteiger partial charge in [0.1, 0.15) is 7.05 Å². The van der Waals surface area contributed by atoms with Crippen LogP contribution in [0, 0.1) is 10.1 Å². The van der Waals surface area contributed by atoms with Crippen LogP contribution in [0.1, 0.15) is 25.0 Å². The average Bonchev–Trinajstić information content (AvgIpc) is 2.14. The Morgan fingerprint density at radius 1 is 1.41 bits per heavy atom. The van der Waals surface area contributed by atoms with Gasteiger partial charge >= 0.3 is 0 Å². The van der Waals surface area contributed by atoms with E-state index in [1.54, 1.807) is 12.1 Å². The summed E-state index contributed by atoms with van der Waals surface area (Å²) in [6, 6.07) is 5.10. The zero-order chi connectivity index (χ0) is 11.9. The number of nitro benzene ring substituents is 1. The van der Waals surface area contributed by atoms with Gasteiger partial charge in [-0.1, -0.05) is 6.07 Å². The molecule has 0 aromatic heterocycles. The summed E-state index contributed by atoms with van der Waals surface area (Å²) < 4.78 is 2.08. The van der Waals surface area contributed by atoms with E-state index >= 15 is 0 Å². The van der Waals surface area contributed by atoms with Gasteiger partial charge in [-0.2, -0.15) is 0 Å². The first-order valence-corrected chi connectivity index (χ1v) is 5.24. The van der Waals surface area contributed by atoms with Gasteiger partial charge < -0.3 is 24.0 Å². The standard InChI is InChI=1S/C12H15N2O2.HI/c1-12(2)8-13(3)7-9-6-10(14(15)16)4-5-11(9)12;/h4-7H,8H2,1-3H3;1H/q+1;/p-1. The molecule has 0 unspecified atom stereocenters. The molecule has 0 bridgehead atoms. The molecule has 0 N–H and O–H groups in total. The predicted molar refractivity (Wildman–Crippen MR) is 62.3 cm³/mol. The van der Waals surface area contributed by atoms with Crippen molar-refractivity contribution in [3.8, 4) is 0 Å². The van der Waals surface area contributed by atoms with Gasteiger partial charge in [-0.05, 0) is 19.4 Å². The lowest BCUT2D eigenvalue weighted by Gasteiger charge is -2.27.